The van der Waals surface area contributed by atoms with E-state index in [9.17, 15) is 19.2 Å². The van der Waals surface area contributed by atoms with Crippen molar-refractivity contribution in [3.05, 3.63) is 0 Å². The molecule has 0 amide bonds. The van der Waals surface area contributed by atoms with Gasteiger partial charge in [0.1, 0.15) is 17.5 Å². The van der Waals surface area contributed by atoms with Crippen molar-refractivity contribution in [2.45, 2.75) is 31.7 Å². The van der Waals surface area contributed by atoms with Crippen LogP contribution in [0, 0.1) is 5.92 Å². The van der Waals surface area contributed by atoms with E-state index >= 15 is 0 Å². The summed E-state index contributed by atoms with van der Waals surface area (Å²) in [6.45, 7) is 0. The molecule has 7 nitrogen and oxygen atoms in total. The smallest absolute Gasteiger partial charge is 0.329 e. The maximum Gasteiger partial charge on any atom is 0.329 e. The summed E-state index contributed by atoms with van der Waals surface area (Å²) in [5, 5.41) is 17.2. The van der Waals surface area contributed by atoms with Crippen LogP contribution in [0.25, 0.3) is 0 Å². The molecule has 0 radical (unpaired) electrons. The number of Topliss-reactive ketones (excluding diaryl/α,β-unsaturated/α-hetero) is 2. The zero-order chi connectivity index (χ0) is 13.7. The fourth-order valence-electron chi connectivity index (χ4n) is 1.65. The molecule has 1 rings (SSSR count). The maximum atomic E-state index is 11.4. The lowest BCUT2D eigenvalue weighted by Gasteiger charge is -2.15. The highest BCUT2D eigenvalue weighted by molar-refractivity contribution is 6.16. The molecule has 0 spiro atoms. The van der Waals surface area contributed by atoms with E-state index in [0.717, 1.165) is 6.21 Å². The second kappa shape index (κ2) is 6.04. The molecule has 1 aliphatic rings. The van der Waals surface area contributed by atoms with Crippen molar-refractivity contribution >= 4 is 29.7 Å². The second-order valence-electron chi connectivity index (χ2n) is 4.01. The molecular weight excluding hydrogens is 242 g/mol. The van der Waals surface area contributed by atoms with Crippen LogP contribution in [-0.2, 0) is 19.2 Å². The van der Waals surface area contributed by atoms with Gasteiger partial charge in [-0.1, -0.05) is 0 Å². The molecule has 1 fully saturated rings. The summed E-state index contributed by atoms with van der Waals surface area (Å²) in [5.41, 5.74) is 0. The van der Waals surface area contributed by atoms with Crippen LogP contribution in [0.1, 0.15) is 25.7 Å². The second-order valence-corrected chi connectivity index (χ2v) is 4.01. The number of rotatable bonds is 5. The van der Waals surface area contributed by atoms with Crippen molar-refractivity contribution in [3.63, 3.8) is 0 Å². The zero-order valence-electron chi connectivity index (χ0n) is 9.54. The number of hydrogen-bond donors (Lipinski definition) is 2. The number of nitrogens with zero attached hydrogens (tertiary/aromatic N) is 1. The Balaban J connectivity index is 2.75. The first-order valence-corrected chi connectivity index (χ1v) is 5.45. The lowest BCUT2D eigenvalue weighted by Crippen LogP contribution is -2.31. The number of carbonyl (C=O) groups is 4. The number of carboxylic acid groups (broad SMARTS) is 2. The normalized spacial score (nSPS) is 19.1. The Hall–Kier alpha value is -2.05. The summed E-state index contributed by atoms with van der Waals surface area (Å²) in [5.74, 6) is -4.32. The van der Waals surface area contributed by atoms with E-state index in [1.54, 1.807) is 0 Å². The van der Waals surface area contributed by atoms with Crippen molar-refractivity contribution in [2.75, 3.05) is 0 Å². The predicted octanol–water partition coefficient (Wildman–Crippen LogP) is -0.0766. The van der Waals surface area contributed by atoms with Crippen molar-refractivity contribution in [3.8, 4) is 0 Å². The standard InChI is InChI=1S/C11H13NO6/c13-8-2-1-3-9(14)6(8)5-12-7(11(17)18)4-10(15)16/h5-7H,1-4H2,(H,15,16)(H,17,18)/t7-/m0/s1. The van der Waals surface area contributed by atoms with Gasteiger partial charge in [-0.2, -0.15) is 0 Å². The SMILES string of the molecule is O=C(O)C[C@H](N=CC1C(=O)CCCC1=O)C(=O)O. The van der Waals surface area contributed by atoms with Crippen LogP contribution >= 0.6 is 0 Å². The van der Waals surface area contributed by atoms with Crippen molar-refractivity contribution < 1.29 is 29.4 Å². The number of carboxylic acids is 2. The van der Waals surface area contributed by atoms with E-state index in [-0.39, 0.29) is 24.4 Å². The third kappa shape index (κ3) is 3.76. The Morgan fingerprint density at radius 1 is 1.28 bits per heavy atom. The summed E-state index contributed by atoms with van der Waals surface area (Å²) >= 11 is 0. The van der Waals surface area contributed by atoms with Crippen molar-refractivity contribution in [1.29, 1.82) is 0 Å². The van der Waals surface area contributed by atoms with Crippen molar-refractivity contribution in [2.24, 2.45) is 10.9 Å². The van der Waals surface area contributed by atoms with Crippen molar-refractivity contribution in [1.82, 2.24) is 0 Å². The Kier molecular flexibility index (Phi) is 4.70. The fraction of sp³-hybridized carbons (Fsp3) is 0.545. The summed E-state index contributed by atoms with van der Waals surface area (Å²) in [6.07, 6.45) is 1.32. The summed E-state index contributed by atoms with van der Waals surface area (Å²) in [7, 11) is 0. The van der Waals surface area contributed by atoms with E-state index < -0.39 is 30.3 Å². The minimum atomic E-state index is -1.47. The monoisotopic (exact) mass is 255 g/mol. The minimum absolute atomic E-state index is 0.263. The predicted molar refractivity (Wildman–Crippen MR) is 59.5 cm³/mol. The molecule has 1 saturated carbocycles. The van der Waals surface area contributed by atoms with Crippen LogP contribution in [0.3, 0.4) is 0 Å². The topological polar surface area (TPSA) is 121 Å². The highest BCUT2D eigenvalue weighted by Crippen LogP contribution is 2.16. The molecular formula is C11H13NO6. The average Bonchev–Trinajstić information content (AvgIpc) is 2.26. The number of aliphatic imine (C=N–C) groups is 1. The molecule has 0 saturated heterocycles. The Morgan fingerprint density at radius 2 is 1.83 bits per heavy atom. The van der Waals surface area contributed by atoms with Gasteiger partial charge in [0.25, 0.3) is 0 Å². The third-order valence-corrected chi connectivity index (χ3v) is 2.61. The quantitative estimate of drug-likeness (QED) is 0.523. The number of aliphatic carboxylic acids is 2. The van der Waals surface area contributed by atoms with Gasteiger partial charge < -0.3 is 10.2 Å². The molecule has 0 aromatic carbocycles. The molecule has 0 aromatic rings. The van der Waals surface area contributed by atoms with E-state index in [1.165, 1.54) is 0 Å². The first-order chi connectivity index (χ1) is 8.41. The van der Waals surface area contributed by atoms with Gasteiger partial charge in [0.05, 0.1) is 6.42 Å². The molecule has 7 heteroatoms. The van der Waals surface area contributed by atoms with E-state index in [0.29, 0.717) is 6.42 Å². The highest BCUT2D eigenvalue weighted by Gasteiger charge is 2.29. The lowest BCUT2D eigenvalue weighted by molar-refractivity contribution is -0.144. The van der Waals surface area contributed by atoms with Gasteiger partial charge in [0.15, 0.2) is 6.04 Å². The molecule has 0 unspecified atom stereocenters. The Morgan fingerprint density at radius 3 is 2.28 bits per heavy atom. The van der Waals surface area contributed by atoms with Gasteiger partial charge in [0, 0.05) is 19.1 Å². The molecule has 0 aromatic heterocycles. The van der Waals surface area contributed by atoms with E-state index in [1.807, 2.05) is 0 Å². The number of ketones is 2. The Labute approximate surface area is 103 Å². The average molecular weight is 255 g/mol. The van der Waals surface area contributed by atoms with Gasteiger partial charge in [0.2, 0.25) is 0 Å². The number of hydrogen-bond acceptors (Lipinski definition) is 5. The van der Waals surface area contributed by atoms with Gasteiger partial charge in [-0.25, -0.2) is 4.79 Å². The zero-order valence-corrected chi connectivity index (χ0v) is 9.54. The molecule has 2 N–H and O–H groups in total. The summed E-state index contributed by atoms with van der Waals surface area (Å²) in [6, 6.07) is -1.47. The van der Waals surface area contributed by atoms with Gasteiger partial charge in [-0.15, -0.1) is 0 Å². The lowest BCUT2D eigenvalue weighted by atomic mass is 9.87. The number of carbonyl (C=O) groups excluding carboxylic acids is 2. The minimum Gasteiger partial charge on any atom is -0.481 e. The van der Waals surface area contributed by atoms with Gasteiger partial charge in [-0.05, 0) is 6.42 Å². The molecule has 98 valence electrons. The third-order valence-electron chi connectivity index (χ3n) is 2.61. The molecule has 18 heavy (non-hydrogen) atoms. The van der Waals surface area contributed by atoms with E-state index in [2.05, 4.69) is 4.99 Å². The molecule has 0 heterocycles. The molecule has 0 bridgehead atoms. The summed E-state index contributed by atoms with van der Waals surface area (Å²) in [4.78, 5) is 47.6. The first kappa shape index (κ1) is 14.0. The van der Waals surface area contributed by atoms with Crippen LogP contribution < -0.4 is 0 Å². The Bertz CT molecular complexity index is 398. The van der Waals surface area contributed by atoms with Crippen LogP contribution in [-0.4, -0.2) is 46.0 Å². The summed E-state index contributed by atoms with van der Waals surface area (Å²) < 4.78 is 0. The molecule has 0 aliphatic heterocycles. The molecule has 1 aliphatic carbocycles. The maximum absolute atomic E-state index is 11.4. The van der Waals surface area contributed by atoms with Crippen LogP contribution in [0.4, 0.5) is 0 Å². The van der Waals surface area contributed by atoms with Gasteiger partial charge in [-0.3, -0.25) is 19.4 Å². The van der Waals surface area contributed by atoms with Gasteiger partial charge >= 0.3 is 11.9 Å². The first-order valence-electron chi connectivity index (χ1n) is 5.45. The molecule has 1 atom stereocenters. The van der Waals surface area contributed by atoms with E-state index in [4.69, 9.17) is 10.2 Å². The van der Waals surface area contributed by atoms with Crippen LogP contribution in [0.5, 0.6) is 0 Å². The largest absolute Gasteiger partial charge is 0.481 e. The fourth-order valence-corrected chi connectivity index (χ4v) is 1.65. The van der Waals surface area contributed by atoms with Crippen LogP contribution in [0.15, 0.2) is 4.99 Å². The van der Waals surface area contributed by atoms with Crippen LogP contribution in [0.2, 0.25) is 0 Å². The highest BCUT2D eigenvalue weighted by atomic mass is 16.4.